The number of imidazole rings is 1. The summed E-state index contributed by atoms with van der Waals surface area (Å²) in [7, 11) is 0. The molecule has 1 amide bonds. The van der Waals surface area contributed by atoms with Gasteiger partial charge in [0.2, 0.25) is 0 Å². The van der Waals surface area contributed by atoms with Crippen molar-refractivity contribution in [1.82, 2.24) is 20.4 Å². The molecule has 7 heteroatoms. The number of hydrogen-bond acceptors (Lipinski definition) is 5. The molecule has 102 valence electrons. The summed E-state index contributed by atoms with van der Waals surface area (Å²) in [5.74, 6) is 1.44. The fourth-order valence-corrected chi connectivity index (χ4v) is 1.62. The average Bonchev–Trinajstić information content (AvgIpc) is 3.05. The Balaban J connectivity index is 1.83. The van der Waals surface area contributed by atoms with E-state index in [1.165, 1.54) is 0 Å². The van der Waals surface area contributed by atoms with Gasteiger partial charge < -0.3 is 19.6 Å². The number of aromatic amines is 1. The highest BCUT2D eigenvalue weighted by Crippen LogP contribution is 2.12. The lowest BCUT2D eigenvalue weighted by molar-refractivity contribution is -0.124. The first-order chi connectivity index (χ1) is 9.19. The Labute approximate surface area is 110 Å². The quantitative estimate of drug-likeness (QED) is 0.821. The summed E-state index contributed by atoms with van der Waals surface area (Å²) < 4.78 is 10.0. The first-order valence-electron chi connectivity index (χ1n) is 6.03. The molecule has 2 heterocycles. The SMILES string of the molecule is CCC(NC(=O)COc1cc(C)on1)c1ncc[nH]1. The van der Waals surface area contributed by atoms with E-state index in [4.69, 9.17) is 9.26 Å². The lowest BCUT2D eigenvalue weighted by atomic mass is 10.2. The Morgan fingerprint density at radius 3 is 3.05 bits per heavy atom. The van der Waals surface area contributed by atoms with Gasteiger partial charge in [0, 0.05) is 18.5 Å². The number of carbonyl (C=O) groups excluding carboxylic acids is 1. The standard InChI is InChI=1S/C12H16N4O3/c1-3-9(12-13-4-5-14-12)15-10(17)7-18-11-6-8(2)19-16-11/h4-6,9H,3,7H2,1-2H3,(H,13,14)(H,15,17). The van der Waals surface area contributed by atoms with E-state index in [0.29, 0.717) is 11.6 Å². The van der Waals surface area contributed by atoms with E-state index < -0.39 is 0 Å². The topological polar surface area (TPSA) is 93.0 Å². The minimum atomic E-state index is -0.232. The second-order valence-electron chi connectivity index (χ2n) is 4.07. The second kappa shape index (κ2) is 6.03. The molecule has 0 fully saturated rings. The Hall–Kier alpha value is -2.31. The van der Waals surface area contributed by atoms with Crippen LogP contribution in [-0.2, 0) is 4.79 Å². The molecule has 19 heavy (non-hydrogen) atoms. The molecule has 0 bridgehead atoms. The van der Waals surface area contributed by atoms with Gasteiger partial charge in [-0.15, -0.1) is 0 Å². The number of aromatic nitrogens is 3. The van der Waals surface area contributed by atoms with Crippen LogP contribution in [-0.4, -0.2) is 27.6 Å². The third kappa shape index (κ3) is 3.57. The summed E-state index contributed by atoms with van der Waals surface area (Å²) >= 11 is 0. The second-order valence-corrected chi connectivity index (χ2v) is 4.07. The maximum atomic E-state index is 11.8. The van der Waals surface area contributed by atoms with Crippen LogP contribution >= 0.6 is 0 Å². The molecule has 0 saturated heterocycles. The zero-order valence-electron chi connectivity index (χ0n) is 10.8. The summed E-state index contributed by atoms with van der Waals surface area (Å²) in [6, 6.07) is 1.47. The third-order valence-corrected chi connectivity index (χ3v) is 2.55. The molecule has 2 aromatic heterocycles. The van der Waals surface area contributed by atoms with Gasteiger partial charge in [0.15, 0.2) is 6.61 Å². The Kier molecular flexibility index (Phi) is 4.17. The number of H-pyrrole nitrogens is 1. The molecular formula is C12H16N4O3. The third-order valence-electron chi connectivity index (χ3n) is 2.55. The van der Waals surface area contributed by atoms with Crippen molar-refractivity contribution in [1.29, 1.82) is 0 Å². The largest absolute Gasteiger partial charge is 0.465 e. The molecule has 0 aliphatic carbocycles. The van der Waals surface area contributed by atoms with Crippen LogP contribution in [0.4, 0.5) is 0 Å². The van der Waals surface area contributed by atoms with Gasteiger partial charge in [0.05, 0.1) is 6.04 Å². The highest BCUT2D eigenvalue weighted by atomic mass is 16.5. The first-order valence-corrected chi connectivity index (χ1v) is 6.03. The van der Waals surface area contributed by atoms with Crippen molar-refractivity contribution < 1.29 is 14.1 Å². The van der Waals surface area contributed by atoms with E-state index in [-0.39, 0.29) is 18.6 Å². The average molecular weight is 264 g/mol. The van der Waals surface area contributed by atoms with Gasteiger partial charge in [0.1, 0.15) is 11.6 Å². The van der Waals surface area contributed by atoms with Crippen molar-refractivity contribution in [3.8, 4) is 5.88 Å². The summed E-state index contributed by atoms with van der Waals surface area (Å²) in [5, 5.41) is 6.47. The lowest BCUT2D eigenvalue weighted by Gasteiger charge is -2.14. The van der Waals surface area contributed by atoms with E-state index in [9.17, 15) is 4.79 Å². The zero-order chi connectivity index (χ0) is 13.7. The molecule has 0 radical (unpaired) electrons. The van der Waals surface area contributed by atoms with Crippen LogP contribution in [0.15, 0.2) is 23.0 Å². The molecule has 0 saturated carbocycles. The van der Waals surface area contributed by atoms with Crippen LogP contribution in [0.1, 0.15) is 31.0 Å². The summed E-state index contributed by atoms with van der Waals surface area (Å²) in [5.41, 5.74) is 0. The van der Waals surface area contributed by atoms with Crippen molar-refractivity contribution in [2.75, 3.05) is 6.61 Å². The Morgan fingerprint density at radius 1 is 1.63 bits per heavy atom. The van der Waals surface area contributed by atoms with Crippen LogP contribution < -0.4 is 10.1 Å². The van der Waals surface area contributed by atoms with Crippen molar-refractivity contribution in [3.63, 3.8) is 0 Å². The summed E-state index contributed by atoms with van der Waals surface area (Å²) in [6.45, 7) is 3.61. The molecule has 0 spiro atoms. The number of hydrogen-bond donors (Lipinski definition) is 2. The number of nitrogens with one attached hydrogen (secondary N) is 2. The minimum Gasteiger partial charge on any atom is -0.465 e. The molecule has 1 unspecified atom stereocenters. The summed E-state index contributed by atoms with van der Waals surface area (Å²) in [4.78, 5) is 18.9. The summed E-state index contributed by atoms with van der Waals surface area (Å²) in [6.07, 6.45) is 4.11. The Bertz CT molecular complexity index is 521. The number of carbonyl (C=O) groups is 1. The van der Waals surface area contributed by atoms with E-state index in [1.54, 1.807) is 25.4 Å². The predicted molar refractivity (Wildman–Crippen MR) is 66.5 cm³/mol. The van der Waals surface area contributed by atoms with Gasteiger partial charge in [-0.25, -0.2) is 4.98 Å². The maximum absolute atomic E-state index is 11.8. The molecule has 0 aliphatic heterocycles. The van der Waals surface area contributed by atoms with E-state index in [2.05, 4.69) is 20.4 Å². The fraction of sp³-hybridized carbons (Fsp3) is 0.417. The number of nitrogens with zero attached hydrogens (tertiary/aromatic N) is 2. The molecule has 7 nitrogen and oxygen atoms in total. The molecule has 2 N–H and O–H groups in total. The molecule has 0 aliphatic rings. The fourth-order valence-electron chi connectivity index (χ4n) is 1.62. The normalized spacial score (nSPS) is 12.1. The van der Waals surface area contributed by atoms with Crippen molar-refractivity contribution in [3.05, 3.63) is 30.0 Å². The van der Waals surface area contributed by atoms with Crippen molar-refractivity contribution in [2.45, 2.75) is 26.3 Å². The van der Waals surface area contributed by atoms with E-state index in [0.717, 1.165) is 12.2 Å². The highest BCUT2D eigenvalue weighted by molar-refractivity contribution is 5.77. The van der Waals surface area contributed by atoms with Crippen molar-refractivity contribution in [2.24, 2.45) is 0 Å². The van der Waals surface area contributed by atoms with Gasteiger partial charge in [-0.3, -0.25) is 4.79 Å². The van der Waals surface area contributed by atoms with Crippen molar-refractivity contribution >= 4 is 5.91 Å². The predicted octanol–water partition coefficient (Wildman–Crippen LogP) is 1.35. The first kappa shape index (κ1) is 13.1. The van der Waals surface area contributed by atoms with Gasteiger partial charge in [0.25, 0.3) is 11.8 Å². The van der Waals surface area contributed by atoms with Crippen LogP contribution in [0.25, 0.3) is 0 Å². The maximum Gasteiger partial charge on any atom is 0.258 e. The lowest BCUT2D eigenvalue weighted by Crippen LogP contribution is -2.33. The Morgan fingerprint density at radius 2 is 2.47 bits per heavy atom. The van der Waals surface area contributed by atoms with Crippen LogP contribution in [0.3, 0.4) is 0 Å². The molecule has 1 atom stereocenters. The van der Waals surface area contributed by atoms with Crippen LogP contribution in [0.2, 0.25) is 0 Å². The van der Waals surface area contributed by atoms with Gasteiger partial charge in [-0.2, -0.15) is 0 Å². The number of rotatable bonds is 6. The molecular weight excluding hydrogens is 248 g/mol. The molecule has 2 aromatic rings. The molecule has 0 aromatic carbocycles. The smallest absolute Gasteiger partial charge is 0.258 e. The van der Waals surface area contributed by atoms with E-state index in [1.807, 2.05) is 6.92 Å². The highest BCUT2D eigenvalue weighted by Gasteiger charge is 2.15. The van der Waals surface area contributed by atoms with Crippen LogP contribution in [0.5, 0.6) is 5.88 Å². The van der Waals surface area contributed by atoms with E-state index >= 15 is 0 Å². The monoisotopic (exact) mass is 264 g/mol. The van der Waals surface area contributed by atoms with Gasteiger partial charge in [-0.05, 0) is 18.5 Å². The number of ether oxygens (including phenoxy) is 1. The number of aryl methyl sites for hydroxylation is 1. The van der Waals surface area contributed by atoms with Gasteiger partial charge >= 0.3 is 0 Å². The molecule has 2 rings (SSSR count). The van der Waals surface area contributed by atoms with Gasteiger partial charge in [-0.1, -0.05) is 6.92 Å². The number of amides is 1. The minimum absolute atomic E-state index is 0.108. The van der Waals surface area contributed by atoms with Crippen LogP contribution in [0, 0.1) is 6.92 Å². The zero-order valence-corrected chi connectivity index (χ0v) is 10.8.